The highest BCUT2D eigenvalue weighted by atomic mass is 35.5. The van der Waals surface area contributed by atoms with E-state index < -0.39 is 41.1 Å². The van der Waals surface area contributed by atoms with Crippen LogP contribution in [0.15, 0.2) is 38.5 Å². The van der Waals surface area contributed by atoms with Crippen molar-refractivity contribution in [2.24, 2.45) is 0 Å². The van der Waals surface area contributed by atoms with Gasteiger partial charge in [0.2, 0.25) is 0 Å². The molecule has 0 unspecified atom stereocenters. The maximum atomic E-state index is 11.9. The number of nitrogens with one attached hydrogen (secondary N) is 2. The summed E-state index contributed by atoms with van der Waals surface area (Å²) in [6.45, 7) is 0. The Morgan fingerprint density at radius 2 is 1.65 bits per heavy atom. The van der Waals surface area contributed by atoms with Crippen molar-refractivity contribution < 1.29 is 35.1 Å². The normalized spacial score (nSPS) is 13.3. The summed E-state index contributed by atoms with van der Waals surface area (Å²) < 4.78 is 78.0. The van der Waals surface area contributed by atoms with E-state index in [-0.39, 0.29) is 55.4 Å². The third kappa shape index (κ3) is 3.26. The zero-order chi connectivity index (χ0) is 24.7. The Kier molecular flexibility index (Phi) is 4.78. The molecule has 1 aliphatic carbocycles. The first-order chi connectivity index (χ1) is 15.8. The molecule has 5 rings (SSSR count). The molecule has 0 saturated heterocycles. The molecule has 16 heteroatoms. The van der Waals surface area contributed by atoms with Crippen LogP contribution < -0.4 is 21.1 Å². The molecule has 0 fully saturated rings. The van der Waals surface area contributed by atoms with Crippen molar-refractivity contribution in [3.8, 4) is 23.0 Å². The molecule has 176 valence electrons. The van der Waals surface area contributed by atoms with E-state index >= 15 is 0 Å². The maximum absolute atomic E-state index is 11.9. The Bertz CT molecular complexity index is 1820. The van der Waals surface area contributed by atoms with E-state index in [1.165, 1.54) is 18.2 Å². The van der Waals surface area contributed by atoms with E-state index in [1.807, 2.05) is 0 Å². The predicted octanol–water partition coefficient (Wildman–Crippen LogP) is 3.64. The zero-order valence-corrected chi connectivity index (χ0v) is 19.4. The van der Waals surface area contributed by atoms with E-state index in [2.05, 4.69) is 10.3 Å². The molecule has 12 nitrogen and oxygen atoms in total. The summed E-state index contributed by atoms with van der Waals surface area (Å²) in [6, 6.07) is 4.94. The lowest BCUT2D eigenvalue weighted by atomic mass is 10.1. The number of anilines is 3. The van der Waals surface area contributed by atoms with E-state index in [9.17, 15) is 25.9 Å². The van der Waals surface area contributed by atoms with Crippen LogP contribution in [0.4, 0.5) is 17.1 Å². The van der Waals surface area contributed by atoms with Gasteiger partial charge in [-0.15, -0.1) is 0 Å². The summed E-state index contributed by atoms with van der Waals surface area (Å²) in [6.07, 6.45) is 0. The highest BCUT2D eigenvalue weighted by Gasteiger charge is 2.34. The highest BCUT2D eigenvalue weighted by Crippen LogP contribution is 2.55. The summed E-state index contributed by atoms with van der Waals surface area (Å²) in [7, 11) is -9.66. The van der Waals surface area contributed by atoms with Crippen LogP contribution in [0.25, 0.3) is 22.6 Å². The van der Waals surface area contributed by atoms with Crippen molar-refractivity contribution in [3.63, 3.8) is 0 Å². The maximum Gasteiger partial charge on any atom is 0.300 e. The number of nitrogens with two attached hydrogens (primary N) is 1. The largest absolute Gasteiger partial charge is 0.450 e. The first-order valence-corrected chi connectivity index (χ1v) is 12.6. The molecule has 2 aromatic carbocycles. The Hall–Kier alpha value is -3.14. The number of aromatic nitrogens is 1. The standard InChI is InChI=1S/C18H10Cl2N4O8S2/c19-9-11-15(31-13-7(23-11)3-1-5(21)17(13)33(25,26)27)10(20)12-16(9)32-14-8(24-12)4-2-6(22)18(14)34(28,29)30/h1-4,21,24H,22H2,(H,25,26,27)(H,28,29,30). The van der Waals surface area contributed by atoms with Crippen molar-refractivity contribution in [2.45, 2.75) is 9.79 Å². The minimum atomic E-state index is -4.86. The number of hydrogen-bond acceptors (Lipinski definition) is 10. The molecule has 0 atom stereocenters. The summed E-state index contributed by atoms with van der Waals surface area (Å²) >= 11 is 13.0. The average Bonchev–Trinajstić information content (AvgIpc) is 2.73. The SMILES string of the molecule is N=c1ccc2nc3c(Cl)c4c(c(Cl)c3oc-2c1S(=O)(=O)O)Nc1ccc(N)c(S(=O)(=O)O)c1O4. The molecule has 0 bridgehead atoms. The summed E-state index contributed by atoms with van der Waals surface area (Å²) in [5.74, 6) is -0.937. The predicted molar refractivity (Wildman–Crippen MR) is 120 cm³/mol. The van der Waals surface area contributed by atoms with Gasteiger partial charge in [0.05, 0.1) is 16.7 Å². The van der Waals surface area contributed by atoms with Crippen LogP contribution in [0, 0.1) is 5.41 Å². The van der Waals surface area contributed by atoms with Crippen LogP contribution in [0.5, 0.6) is 11.5 Å². The minimum absolute atomic E-state index is 0.0121. The number of rotatable bonds is 2. The molecule has 2 aliphatic heterocycles. The summed E-state index contributed by atoms with van der Waals surface area (Å²) in [5.41, 5.74) is 5.12. The lowest BCUT2D eigenvalue weighted by molar-refractivity contribution is 0.450. The summed E-state index contributed by atoms with van der Waals surface area (Å²) in [4.78, 5) is 2.74. The fourth-order valence-corrected chi connectivity index (χ4v) is 5.53. The third-order valence-corrected chi connectivity index (χ3v) is 7.49. The van der Waals surface area contributed by atoms with Gasteiger partial charge in [-0.3, -0.25) is 14.5 Å². The second-order valence-electron chi connectivity index (χ2n) is 7.05. The summed E-state index contributed by atoms with van der Waals surface area (Å²) in [5, 5.41) is 9.73. The monoisotopic (exact) mass is 544 g/mol. The molecule has 2 aromatic rings. The Labute approximate surface area is 200 Å². The number of ether oxygens (including phenoxy) is 1. The molecular weight excluding hydrogens is 535 g/mol. The van der Waals surface area contributed by atoms with Gasteiger partial charge < -0.3 is 20.2 Å². The van der Waals surface area contributed by atoms with Crippen LogP contribution >= 0.6 is 23.2 Å². The molecular formula is C18H10Cl2N4O8S2. The fraction of sp³-hybridized carbons (Fsp3) is 0. The van der Waals surface area contributed by atoms with Gasteiger partial charge in [-0.2, -0.15) is 16.8 Å². The van der Waals surface area contributed by atoms with Gasteiger partial charge >= 0.3 is 0 Å². The lowest BCUT2D eigenvalue weighted by Crippen LogP contribution is -2.16. The third-order valence-electron chi connectivity index (χ3n) is 4.92. The Morgan fingerprint density at radius 3 is 2.29 bits per heavy atom. The van der Waals surface area contributed by atoms with Gasteiger partial charge in [-0.25, -0.2) is 4.98 Å². The average molecular weight is 545 g/mol. The molecule has 34 heavy (non-hydrogen) atoms. The first kappa shape index (κ1) is 22.6. The zero-order valence-electron chi connectivity index (χ0n) is 16.3. The second kappa shape index (κ2) is 7.18. The van der Waals surface area contributed by atoms with Gasteiger partial charge in [-0.05, 0) is 24.3 Å². The topological polar surface area (TPSA) is 206 Å². The van der Waals surface area contributed by atoms with Crippen LogP contribution in [-0.4, -0.2) is 30.9 Å². The molecule has 0 spiro atoms. The lowest BCUT2D eigenvalue weighted by Gasteiger charge is -2.26. The molecule has 2 heterocycles. The smallest absolute Gasteiger partial charge is 0.300 e. The van der Waals surface area contributed by atoms with Crippen LogP contribution in [-0.2, 0) is 20.2 Å². The van der Waals surface area contributed by atoms with E-state index in [0.717, 1.165) is 6.07 Å². The van der Waals surface area contributed by atoms with Crippen molar-refractivity contribution in [1.82, 2.24) is 4.98 Å². The second-order valence-corrected chi connectivity index (χ2v) is 10.5. The van der Waals surface area contributed by atoms with Crippen LogP contribution in [0.3, 0.4) is 0 Å². The van der Waals surface area contributed by atoms with Crippen molar-refractivity contribution in [2.75, 3.05) is 11.1 Å². The highest BCUT2D eigenvalue weighted by molar-refractivity contribution is 7.86. The quantitative estimate of drug-likeness (QED) is 0.123. The molecule has 0 radical (unpaired) electrons. The van der Waals surface area contributed by atoms with Crippen LogP contribution in [0.1, 0.15) is 0 Å². The number of nitrogen functional groups attached to an aromatic ring is 1. The van der Waals surface area contributed by atoms with Crippen molar-refractivity contribution in [1.29, 1.82) is 5.41 Å². The first-order valence-electron chi connectivity index (χ1n) is 8.94. The van der Waals surface area contributed by atoms with Gasteiger partial charge in [-0.1, -0.05) is 23.2 Å². The Balaban J connectivity index is 1.85. The van der Waals surface area contributed by atoms with Gasteiger partial charge in [0, 0.05) is 0 Å². The van der Waals surface area contributed by atoms with E-state index in [0.29, 0.717) is 0 Å². The molecule has 0 aromatic heterocycles. The van der Waals surface area contributed by atoms with Crippen molar-refractivity contribution >= 4 is 71.6 Å². The van der Waals surface area contributed by atoms with E-state index in [1.54, 1.807) is 0 Å². The Morgan fingerprint density at radius 1 is 0.971 bits per heavy atom. The molecule has 0 saturated carbocycles. The van der Waals surface area contributed by atoms with Gasteiger partial charge in [0.1, 0.15) is 26.9 Å². The van der Waals surface area contributed by atoms with Crippen molar-refractivity contribution in [3.05, 3.63) is 39.7 Å². The number of benzene rings is 3. The number of fused-ring (bicyclic) bond motifs is 4. The minimum Gasteiger partial charge on any atom is -0.450 e. The molecule has 6 N–H and O–H groups in total. The number of halogens is 2. The van der Waals surface area contributed by atoms with E-state index in [4.69, 9.17) is 43.5 Å². The number of nitrogens with zero attached hydrogens (tertiary/aromatic N) is 1. The fourth-order valence-electron chi connectivity index (χ4n) is 3.53. The number of hydrogen-bond donors (Lipinski definition) is 5. The molecule has 0 amide bonds. The van der Waals surface area contributed by atoms with Gasteiger partial charge in [0.15, 0.2) is 32.6 Å². The molecule has 3 aliphatic rings. The van der Waals surface area contributed by atoms with Gasteiger partial charge in [0.25, 0.3) is 20.2 Å². The van der Waals surface area contributed by atoms with Crippen LogP contribution in [0.2, 0.25) is 10.0 Å².